The molecule has 0 aliphatic carbocycles. The van der Waals surface area contributed by atoms with Crippen molar-refractivity contribution < 1.29 is 4.79 Å². The Labute approximate surface area is 165 Å². The number of ketones is 1. The molecule has 0 atom stereocenters. The minimum Gasteiger partial charge on any atom is -0.289 e. The average molecular weight is 378 g/mol. The lowest BCUT2D eigenvalue weighted by Crippen LogP contribution is -2.23. The molecule has 0 spiro atoms. The molecule has 0 radical (unpaired) electrons. The normalized spacial score (nSPS) is 11.2. The molecule has 0 fully saturated rings. The predicted molar refractivity (Wildman–Crippen MR) is 119 cm³/mol. The summed E-state index contributed by atoms with van der Waals surface area (Å²) < 4.78 is 0. The van der Waals surface area contributed by atoms with Gasteiger partial charge in [-0.1, -0.05) is 95.5 Å². The van der Waals surface area contributed by atoms with E-state index in [0.29, 0.717) is 5.78 Å². The second-order valence-electron chi connectivity index (χ2n) is 7.49. The molecule has 1 rings (SSSR count). The molecule has 0 N–H and O–H groups in total. The van der Waals surface area contributed by atoms with Crippen molar-refractivity contribution in [3.63, 3.8) is 0 Å². The van der Waals surface area contributed by atoms with Gasteiger partial charge in [-0.05, 0) is 36.6 Å². The van der Waals surface area contributed by atoms with Crippen molar-refractivity contribution in [2.75, 3.05) is 17.3 Å². The van der Waals surface area contributed by atoms with Gasteiger partial charge in [0.15, 0.2) is 5.75 Å². The van der Waals surface area contributed by atoms with Gasteiger partial charge in [0, 0.05) is 5.56 Å². The maximum absolute atomic E-state index is 12.6. The molecule has 1 nitrogen and oxygen atoms in total. The number of hydrogen-bond donors (Lipinski definition) is 0. The van der Waals surface area contributed by atoms with E-state index >= 15 is 0 Å². The van der Waals surface area contributed by atoms with Gasteiger partial charge in [-0.15, -0.1) is 0 Å². The van der Waals surface area contributed by atoms with Crippen LogP contribution in [0.2, 0.25) is 0 Å². The van der Waals surface area contributed by atoms with E-state index < -0.39 is 0 Å². The molecule has 0 aliphatic rings. The van der Waals surface area contributed by atoms with E-state index in [1.807, 2.05) is 30.3 Å². The van der Waals surface area contributed by atoms with Gasteiger partial charge in [0.1, 0.15) is 11.5 Å². The Morgan fingerprint density at radius 3 is 1.65 bits per heavy atom. The third-order valence-electron chi connectivity index (χ3n) is 5.00. The molecule has 0 aliphatic heterocycles. The number of benzene rings is 1. The first kappa shape index (κ1) is 23.3. The first-order valence-electron chi connectivity index (χ1n) is 11.0. The van der Waals surface area contributed by atoms with Gasteiger partial charge < -0.3 is 0 Å². The molecule has 1 aromatic rings. The Balaban J connectivity index is 2.35. The van der Waals surface area contributed by atoms with Crippen molar-refractivity contribution in [2.45, 2.75) is 90.9 Å². The highest BCUT2D eigenvalue weighted by Crippen LogP contribution is 2.14. The Morgan fingerprint density at radius 2 is 1.15 bits per heavy atom. The van der Waals surface area contributed by atoms with Crippen LogP contribution in [0.25, 0.3) is 0 Å². The number of carbonyl (C=O) groups is 1. The largest absolute Gasteiger partial charge is 0.289 e. The highest BCUT2D eigenvalue weighted by atomic mass is 32.2. The summed E-state index contributed by atoms with van der Waals surface area (Å²) in [6.45, 7) is 4.54. The lowest BCUT2D eigenvalue weighted by atomic mass is 10.1. The Kier molecular flexibility index (Phi) is 14.7. The fourth-order valence-corrected chi connectivity index (χ4v) is 5.57. The zero-order chi connectivity index (χ0) is 18.9. The fourth-order valence-electron chi connectivity index (χ4n) is 3.31. The molecule has 0 aromatic heterocycles. The lowest BCUT2D eigenvalue weighted by molar-refractivity contribution is 0.102. The van der Waals surface area contributed by atoms with E-state index in [-0.39, 0.29) is 10.9 Å². The van der Waals surface area contributed by atoms with Crippen molar-refractivity contribution >= 4 is 16.7 Å². The van der Waals surface area contributed by atoms with Crippen LogP contribution >= 0.6 is 0 Å². The smallest absolute Gasteiger partial charge is 0.211 e. The van der Waals surface area contributed by atoms with E-state index in [2.05, 4.69) is 13.8 Å². The number of rotatable bonds is 17. The monoisotopic (exact) mass is 377 g/mol. The van der Waals surface area contributed by atoms with Crippen LogP contribution in [0.1, 0.15) is 101 Å². The minimum absolute atomic E-state index is 0.281. The van der Waals surface area contributed by atoms with Gasteiger partial charge in [0.2, 0.25) is 5.78 Å². The van der Waals surface area contributed by atoms with Gasteiger partial charge in [-0.2, -0.15) is 0 Å². The Morgan fingerprint density at radius 1 is 0.692 bits per heavy atom. The molecule has 2 heteroatoms. The maximum atomic E-state index is 12.6. The van der Waals surface area contributed by atoms with Crippen molar-refractivity contribution in [3.05, 3.63) is 35.9 Å². The molecule has 148 valence electrons. The number of carbonyl (C=O) groups excluding carboxylic acids is 1. The van der Waals surface area contributed by atoms with Crippen LogP contribution in [-0.2, 0) is 10.9 Å². The van der Waals surface area contributed by atoms with Crippen LogP contribution < -0.4 is 0 Å². The summed E-state index contributed by atoms with van der Waals surface area (Å²) >= 11 is 0. The summed E-state index contributed by atoms with van der Waals surface area (Å²) in [6.07, 6.45) is 16.2. The van der Waals surface area contributed by atoms with E-state index in [9.17, 15) is 4.79 Å². The average Bonchev–Trinajstić information content (AvgIpc) is 2.67. The topological polar surface area (TPSA) is 17.1 Å². The molecule has 0 bridgehead atoms. The molecule has 26 heavy (non-hydrogen) atoms. The second-order valence-corrected chi connectivity index (χ2v) is 9.82. The standard InChI is InChI=1S/C24H41OS/c1-3-5-7-9-11-16-20-26(21-17-12-10-8-6-4-2)22-24(25)23-18-14-13-15-19-23/h13-15,18-19H,3-12,16-17,20-22H2,1-2H3/q+1. The summed E-state index contributed by atoms with van der Waals surface area (Å²) in [6, 6.07) is 9.89. The van der Waals surface area contributed by atoms with Crippen LogP contribution in [0.4, 0.5) is 0 Å². The van der Waals surface area contributed by atoms with Gasteiger partial charge >= 0.3 is 0 Å². The quantitative estimate of drug-likeness (QED) is 0.159. The highest BCUT2D eigenvalue weighted by Gasteiger charge is 2.22. The minimum atomic E-state index is 0.281. The van der Waals surface area contributed by atoms with Crippen LogP contribution in [0, 0.1) is 0 Å². The third kappa shape index (κ3) is 11.8. The molecule has 0 saturated heterocycles. The Bertz CT molecular complexity index is 427. The first-order valence-corrected chi connectivity index (χ1v) is 12.7. The van der Waals surface area contributed by atoms with E-state index in [1.54, 1.807) is 0 Å². The van der Waals surface area contributed by atoms with Gasteiger partial charge in [-0.3, -0.25) is 4.79 Å². The number of Topliss-reactive ketones (excluding diaryl/α,β-unsaturated/α-hetero) is 1. The van der Waals surface area contributed by atoms with Crippen molar-refractivity contribution in [2.24, 2.45) is 0 Å². The molecular formula is C24H41OS+. The van der Waals surface area contributed by atoms with Crippen LogP contribution in [0.15, 0.2) is 30.3 Å². The van der Waals surface area contributed by atoms with Crippen LogP contribution in [-0.4, -0.2) is 23.0 Å². The van der Waals surface area contributed by atoms with Crippen LogP contribution in [0.5, 0.6) is 0 Å². The molecule has 0 saturated carbocycles. The SMILES string of the molecule is CCCCCCCC[S+](CCCCCCCC)CC(=O)c1ccccc1. The fraction of sp³-hybridized carbons (Fsp3) is 0.708. The molecule has 0 unspecified atom stereocenters. The molecule has 0 amide bonds. The van der Waals surface area contributed by atoms with Gasteiger partial charge in [-0.25, -0.2) is 0 Å². The van der Waals surface area contributed by atoms with Crippen molar-refractivity contribution in [1.82, 2.24) is 0 Å². The first-order chi connectivity index (χ1) is 12.8. The molecular weight excluding hydrogens is 336 g/mol. The zero-order valence-corrected chi connectivity index (χ0v) is 18.1. The predicted octanol–water partition coefficient (Wildman–Crippen LogP) is 7.21. The molecule has 1 aromatic carbocycles. The maximum Gasteiger partial charge on any atom is 0.211 e. The highest BCUT2D eigenvalue weighted by molar-refractivity contribution is 7.97. The van der Waals surface area contributed by atoms with Crippen molar-refractivity contribution in [3.8, 4) is 0 Å². The van der Waals surface area contributed by atoms with Crippen LogP contribution in [0.3, 0.4) is 0 Å². The summed E-state index contributed by atoms with van der Waals surface area (Å²) in [4.78, 5) is 12.6. The van der Waals surface area contributed by atoms with E-state index in [1.165, 1.54) is 88.6 Å². The summed E-state index contributed by atoms with van der Waals surface area (Å²) in [7, 11) is 0.281. The molecule has 0 heterocycles. The third-order valence-corrected chi connectivity index (χ3v) is 7.41. The number of hydrogen-bond acceptors (Lipinski definition) is 1. The van der Waals surface area contributed by atoms with Gasteiger partial charge in [0.25, 0.3) is 0 Å². The lowest BCUT2D eigenvalue weighted by Gasteiger charge is -2.09. The van der Waals surface area contributed by atoms with E-state index in [0.717, 1.165) is 11.3 Å². The summed E-state index contributed by atoms with van der Waals surface area (Å²) in [5, 5.41) is 0. The Hall–Kier alpha value is -0.760. The summed E-state index contributed by atoms with van der Waals surface area (Å²) in [5.74, 6) is 3.65. The van der Waals surface area contributed by atoms with E-state index in [4.69, 9.17) is 0 Å². The summed E-state index contributed by atoms with van der Waals surface area (Å²) in [5.41, 5.74) is 0.899. The zero-order valence-electron chi connectivity index (χ0n) is 17.3. The second kappa shape index (κ2) is 16.4. The van der Waals surface area contributed by atoms with Gasteiger partial charge in [0.05, 0.1) is 0 Å². The van der Waals surface area contributed by atoms with Crippen molar-refractivity contribution in [1.29, 1.82) is 0 Å². The number of unbranched alkanes of at least 4 members (excludes halogenated alkanes) is 10.